The van der Waals surface area contributed by atoms with Crippen LogP contribution < -0.4 is 0 Å². The number of fused-ring (bicyclic) bond motifs is 1. The van der Waals surface area contributed by atoms with Gasteiger partial charge in [-0.2, -0.15) is 0 Å². The number of hydrogen-bond donors (Lipinski definition) is 0. The van der Waals surface area contributed by atoms with E-state index in [1.54, 1.807) is 0 Å². The second-order valence-corrected chi connectivity index (χ2v) is 3.55. The third-order valence-corrected chi connectivity index (χ3v) is 2.55. The molecule has 2 nitrogen and oxygen atoms in total. The Morgan fingerprint density at radius 1 is 0.833 bits per heavy atom. The molecule has 0 amide bonds. The average Bonchev–Trinajstić information content (AvgIpc) is 2.62. The van der Waals surface area contributed by atoms with Crippen LogP contribution in [0.2, 0.25) is 0 Å². The molecule has 0 aliphatic carbocycles. The van der Waals surface area contributed by atoms with Crippen LogP contribution in [-0.2, 0) is 9.47 Å². The zero-order valence-electron chi connectivity index (χ0n) is 8.54. The van der Waals surface area contributed by atoms with E-state index in [1.807, 2.05) is 13.8 Å². The summed E-state index contributed by atoms with van der Waals surface area (Å²) in [5.74, 6) is 1.21. The van der Waals surface area contributed by atoms with Gasteiger partial charge in [0, 0.05) is 11.8 Å². The fourth-order valence-electron chi connectivity index (χ4n) is 1.88. The van der Waals surface area contributed by atoms with Crippen molar-refractivity contribution in [3.8, 4) is 0 Å². The molecule has 2 aliphatic heterocycles. The lowest BCUT2D eigenvalue weighted by atomic mass is 9.99. The van der Waals surface area contributed by atoms with Crippen LogP contribution in [0.3, 0.4) is 0 Å². The molecule has 0 aromatic heterocycles. The summed E-state index contributed by atoms with van der Waals surface area (Å²) in [6.07, 6.45) is 0.796. The topological polar surface area (TPSA) is 18.5 Å². The van der Waals surface area contributed by atoms with E-state index < -0.39 is 0 Å². The lowest BCUT2D eigenvalue weighted by Crippen LogP contribution is -2.23. The minimum atomic E-state index is 0.398. The van der Waals surface area contributed by atoms with E-state index in [1.165, 1.54) is 0 Å². The number of ether oxygens (including phenoxy) is 2. The number of hydrogen-bond acceptors (Lipinski definition) is 2. The lowest BCUT2D eigenvalue weighted by Gasteiger charge is -2.10. The first-order valence-corrected chi connectivity index (χ1v) is 5.02. The highest BCUT2D eigenvalue weighted by molar-refractivity contribution is 4.90. The van der Waals surface area contributed by atoms with Crippen molar-refractivity contribution < 1.29 is 9.47 Å². The van der Waals surface area contributed by atoms with Crippen molar-refractivity contribution in [3.63, 3.8) is 0 Å². The van der Waals surface area contributed by atoms with Crippen LogP contribution in [0, 0.1) is 11.8 Å². The van der Waals surface area contributed by atoms with Gasteiger partial charge in [0.15, 0.2) is 0 Å². The van der Waals surface area contributed by atoms with Crippen molar-refractivity contribution in [2.45, 2.75) is 39.9 Å². The standard InChI is InChI=1S/C8H14O2.C2H6/c1-5-3-9-8-6(2)4-10-7(5)8;1-2/h5-8H,3-4H2,1-2H3;1-2H3/t5-,6+,7?,8?;. The minimum absolute atomic E-state index is 0.398. The summed E-state index contributed by atoms with van der Waals surface area (Å²) in [7, 11) is 0. The predicted octanol–water partition coefficient (Wildman–Crippen LogP) is 2.08. The van der Waals surface area contributed by atoms with Crippen LogP contribution in [0.25, 0.3) is 0 Å². The van der Waals surface area contributed by atoms with E-state index in [-0.39, 0.29) is 0 Å². The Morgan fingerprint density at radius 3 is 1.50 bits per heavy atom. The van der Waals surface area contributed by atoms with Gasteiger partial charge in [0.1, 0.15) is 0 Å². The molecule has 0 bridgehead atoms. The first kappa shape index (κ1) is 10.0. The SMILES string of the molecule is CC.C[C@@H]1COC2C1OC[C@@H]2C. The van der Waals surface area contributed by atoms with Gasteiger partial charge in [-0.05, 0) is 0 Å². The van der Waals surface area contributed by atoms with Crippen LogP contribution in [0.5, 0.6) is 0 Å². The van der Waals surface area contributed by atoms with Gasteiger partial charge in [0.25, 0.3) is 0 Å². The highest BCUT2D eigenvalue weighted by atomic mass is 16.6. The average molecular weight is 172 g/mol. The van der Waals surface area contributed by atoms with E-state index in [0.29, 0.717) is 24.0 Å². The van der Waals surface area contributed by atoms with Crippen molar-refractivity contribution in [1.82, 2.24) is 0 Å². The molecule has 2 rings (SSSR count). The summed E-state index contributed by atoms with van der Waals surface area (Å²) in [6, 6.07) is 0. The molecule has 0 saturated carbocycles. The molecule has 2 unspecified atom stereocenters. The van der Waals surface area contributed by atoms with Gasteiger partial charge in [-0.25, -0.2) is 0 Å². The van der Waals surface area contributed by atoms with Gasteiger partial charge in [0.05, 0.1) is 25.4 Å². The second-order valence-electron chi connectivity index (χ2n) is 3.55. The van der Waals surface area contributed by atoms with E-state index in [4.69, 9.17) is 9.47 Å². The summed E-state index contributed by atoms with van der Waals surface area (Å²) >= 11 is 0. The number of rotatable bonds is 0. The third kappa shape index (κ3) is 1.64. The van der Waals surface area contributed by atoms with Gasteiger partial charge in [-0.3, -0.25) is 0 Å². The molecular formula is C10H20O2. The Hall–Kier alpha value is -0.0800. The van der Waals surface area contributed by atoms with Gasteiger partial charge in [-0.1, -0.05) is 27.7 Å². The minimum Gasteiger partial charge on any atom is -0.375 e. The van der Waals surface area contributed by atoms with Crippen molar-refractivity contribution in [2.24, 2.45) is 11.8 Å². The largest absolute Gasteiger partial charge is 0.375 e. The monoisotopic (exact) mass is 172 g/mol. The van der Waals surface area contributed by atoms with Crippen LogP contribution in [-0.4, -0.2) is 25.4 Å². The molecular weight excluding hydrogens is 152 g/mol. The summed E-state index contributed by atoms with van der Waals surface area (Å²) < 4.78 is 11.2. The molecule has 2 aliphatic rings. The van der Waals surface area contributed by atoms with E-state index in [0.717, 1.165) is 13.2 Å². The summed E-state index contributed by atoms with van der Waals surface area (Å²) in [6.45, 7) is 10.2. The first-order valence-electron chi connectivity index (χ1n) is 5.02. The molecule has 2 heteroatoms. The van der Waals surface area contributed by atoms with E-state index in [9.17, 15) is 0 Å². The van der Waals surface area contributed by atoms with E-state index in [2.05, 4.69) is 13.8 Å². The fourth-order valence-corrected chi connectivity index (χ4v) is 1.88. The second kappa shape index (κ2) is 4.24. The Balaban J connectivity index is 0.000000336. The molecule has 2 fully saturated rings. The molecule has 4 atom stereocenters. The first-order chi connectivity index (χ1) is 5.79. The molecule has 0 aromatic rings. The zero-order chi connectivity index (χ0) is 9.14. The summed E-state index contributed by atoms with van der Waals surface area (Å²) in [5, 5.41) is 0. The molecule has 0 aromatic carbocycles. The quantitative estimate of drug-likeness (QED) is 0.557. The molecule has 2 saturated heterocycles. The molecule has 0 spiro atoms. The molecule has 72 valence electrons. The maximum atomic E-state index is 5.58. The third-order valence-electron chi connectivity index (χ3n) is 2.55. The molecule has 0 N–H and O–H groups in total. The lowest BCUT2D eigenvalue weighted by molar-refractivity contribution is 0.0627. The Bertz CT molecular complexity index is 120. The maximum Gasteiger partial charge on any atom is 0.0887 e. The highest BCUT2D eigenvalue weighted by Crippen LogP contribution is 2.33. The van der Waals surface area contributed by atoms with Crippen LogP contribution in [0.15, 0.2) is 0 Å². The van der Waals surface area contributed by atoms with Crippen molar-refractivity contribution in [3.05, 3.63) is 0 Å². The van der Waals surface area contributed by atoms with Crippen molar-refractivity contribution in [2.75, 3.05) is 13.2 Å². The molecule has 0 radical (unpaired) electrons. The van der Waals surface area contributed by atoms with Gasteiger partial charge < -0.3 is 9.47 Å². The van der Waals surface area contributed by atoms with Crippen molar-refractivity contribution >= 4 is 0 Å². The van der Waals surface area contributed by atoms with Crippen LogP contribution in [0.1, 0.15) is 27.7 Å². The smallest absolute Gasteiger partial charge is 0.0887 e. The van der Waals surface area contributed by atoms with Gasteiger partial charge in [-0.15, -0.1) is 0 Å². The normalized spacial score (nSPS) is 45.0. The highest BCUT2D eigenvalue weighted by Gasteiger charge is 2.43. The Labute approximate surface area is 75.2 Å². The maximum absolute atomic E-state index is 5.58. The van der Waals surface area contributed by atoms with Crippen molar-refractivity contribution in [1.29, 1.82) is 0 Å². The Morgan fingerprint density at radius 2 is 1.17 bits per heavy atom. The van der Waals surface area contributed by atoms with E-state index >= 15 is 0 Å². The zero-order valence-corrected chi connectivity index (χ0v) is 8.54. The van der Waals surface area contributed by atoms with Gasteiger partial charge >= 0.3 is 0 Å². The summed E-state index contributed by atoms with van der Waals surface area (Å²) in [5.41, 5.74) is 0. The fraction of sp³-hybridized carbons (Fsp3) is 1.00. The van der Waals surface area contributed by atoms with Gasteiger partial charge in [0.2, 0.25) is 0 Å². The van der Waals surface area contributed by atoms with Crippen LogP contribution >= 0.6 is 0 Å². The van der Waals surface area contributed by atoms with Crippen LogP contribution in [0.4, 0.5) is 0 Å². The molecule has 2 heterocycles. The predicted molar refractivity (Wildman–Crippen MR) is 49.2 cm³/mol. The molecule has 12 heavy (non-hydrogen) atoms. The Kier molecular flexibility index (Phi) is 3.53. The summed E-state index contributed by atoms with van der Waals surface area (Å²) in [4.78, 5) is 0.